The van der Waals surface area contributed by atoms with Gasteiger partial charge in [-0.1, -0.05) is 96.1 Å². The molecule has 0 atom stereocenters. The maximum Gasteiger partial charge on any atom is 0.339 e. The van der Waals surface area contributed by atoms with Crippen LogP contribution < -0.4 is 8.37 Å². The second-order valence-electron chi connectivity index (χ2n) is 10.6. The van der Waals surface area contributed by atoms with E-state index in [1.165, 1.54) is 36.7 Å². The van der Waals surface area contributed by atoms with Crippen LogP contribution in [0, 0.1) is 13.8 Å². The average molecular weight is 649 g/mol. The van der Waals surface area contributed by atoms with E-state index in [4.69, 9.17) is 8.37 Å². The minimum absolute atomic E-state index is 0.0243. The third kappa shape index (κ3) is 6.53. The third-order valence-electron chi connectivity index (χ3n) is 7.32. The predicted molar refractivity (Wildman–Crippen MR) is 181 cm³/mol. The molecular formula is C36H28N2O6S2. The van der Waals surface area contributed by atoms with Crippen molar-refractivity contribution in [2.45, 2.75) is 23.6 Å². The van der Waals surface area contributed by atoms with E-state index in [0.717, 1.165) is 21.9 Å². The van der Waals surface area contributed by atoms with E-state index in [-0.39, 0.29) is 21.3 Å². The summed E-state index contributed by atoms with van der Waals surface area (Å²) in [7, 11) is -8.28. The zero-order valence-electron chi connectivity index (χ0n) is 24.9. The smallest absolute Gasteiger partial charge is 0.339 e. The summed E-state index contributed by atoms with van der Waals surface area (Å²) < 4.78 is 63.8. The second-order valence-corrected chi connectivity index (χ2v) is 13.7. The van der Waals surface area contributed by atoms with Crippen LogP contribution in [0.3, 0.4) is 0 Å². The second kappa shape index (κ2) is 12.6. The lowest BCUT2D eigenvalue weighted by atomic mass is 10.0. The number of hydrogen-bond donors (Lipinski definition) is 0. The molecule has 6 aromatic carbocycles. The number of rotatable bonds is 9. The molecule has 6 aromatic rings. The van der Waals surface area contributed by atoms with E-state index in [2.05, 4.69) is 10.2 Å². The lowest BCUT2D eigenvalue weighted by molar-refractivity contribution is 0.484. The lowest BCUT2D eigenvalue weighted by Crippen LogP contribution is -2.11. The fourth-order valence-electron chi connectivity index (χ4n) is 4.89. The Labute approximate surface area is 267 Å². The van der Waals surface area contributed by atoms with Crippen LogP contribution in [0.25, 0.3) is 21.5 Å². The van der Waals surface area contributed by atoms with Gasteiger partial charge in [0, 0.05) is 11.1 Å². The van der Waals surface area contributed by atoms with Gasteiger partial charge in [-0.15, -0.1) is 0 Å². The minimum Gasteiger partial charge on any atom is -0.378 e. The van der Waals surface area contributed by atoms with Crippen molar-refractivity contribution in [3.05, 3.63) is 144 Å². The van der Waals surface area contributed by atoms with E-state index in [9.17, 15) is 16.8 Å². The number of aryl methyl sites for hydroxylation is 2. The Morgan fingerprint density at radius 1 is 0.478 bits per heavy atom. The molecule has 0 spiro atoms. The van der Waals surface area contributed by atoms with E-state index in [1.807, 2.05) is 62.4 Å². The number of benzene rings is 6. The first-order valence-corrected chi connectivity index (χ1v) is 17.0. The minimum atomic E-state index is -4.14. The SMILES string of the molecule is Cc1ccc(S(=O)(=O)Oc2ccc3ccccc3c2/C=N/N=C/c2c(OS(=O)(=O)c3ccc(C)cc3)ccc3ccccc23)cc1. The van der Waals surface area contributed by atoms with Gasteiger partial charge in [0.1, 0.15) is 9.79 Å². The van der Waals surface area contributed by atoms with Crippen molar-refractivity contribution in [3.63, 3.8) is 0 Å². The normalized spacial score (nSPS) is 12.3. The molecule has 0 aliphatic carbocycles. The van der Waals surface area contributed by atoms with Crippen molar-refractivity contribution in [2.24, 2.45) is 10.2 Å². The molecule has 0 saturated carbocycles. The maximum atomic E-state index is 13.2. The number of nitrogens with zero attached hydrogens (tertiary/aromatic N) is 2. The summed E-state index contributed by atoms with van der Waals surface area (Å²) in [5.74, 6) is 0.160. The first-order chi connectivity index (χ1) is 22.1. The fraction of sp³-hybridized carbons (Fsp3) is 0.0556. The van der Waals surface area contributed by atoms with Crippen LogP contribution in [0.2, 0.25) is 0 Å². The summed E-state index contributed by atoms with van der Waals surface area (Å²) in [6.45, 7) is 3.73. The van der Waals surface area contributed by atoms with Gasteiger partial charge in [-0.05, 0) is 71.8 Å². The zero-order valence-corrected chi connectivity index (χ0v) is 26.5. The monoisotopic (exact) mass is 648 g/mol. The summed E-state index contributed by atoms with van der Waals surface area (Å²) in [6.07, 6.45) is 2.82. The van der Waals surface area contributed by atoms with Gasteiger partial charge in [-0.3, -0.25) is 0 Å². The zero-order chi connectivity index (χ0) is 32.3. The van der Waals surface area contributed by atoms with Gasteiger partial charge in [-0.2, -0.15) is 27.0 Å². The Bertz CT molecular complexity index is 2180. The maximum absolute atomic E-state index is 13.2. The van der Waals surface area contributed by atoms with Crippen molar-refractivity contribution in [1.82, 2.24) is 0 Å². The molecule has 6 rings (SSSR count). The molecule has 0 N–H and O–H groups in total. The summed E-state index contributed by atoms with van der Waals surface area (Å²) in [6, 6.07) is 34.3. The molecule has 0 heterocycles. The van der Waals surface area contributed by atoms with Crippen molar-refractivity contribution >= 4 is 54.2 Å². The molecular weight excluding hydrogens is 621 g/mol. The molecule has 10 heteroatoms. The molecule has 46 heavy (non-hydrogen) atoms. The highest BCUT2D eigenvalue weighted by Crippen LogP contribution is 2.31. The van der Waals surface area contributed by atoms with Crippen LogP contribution in [0.5, 0.6) is 11.5 Å². The summed E-state index contributed by atoms with van der Waals surface area (Å²) >= 11 is 0. The van der Waals surface area contributed by atoms with Crippen molar-refractivity contribution in [1.29, 1.82) is 0 Å². The average Bonchev–Trinajstić information content (AvgIpc) is 3.04. The molecule has 0 bridgehead atoms. The molecule has 0 aromatic heterocycles. The van der Waals surface area contributed by atoms with Gasteiger partial charge in [0.25, 0.3) is 0 Å². The topological polar surface area (TPSA) is 111 Å². The van der Waals surface area contributed by atoms with Gasteiger partial charge in [-0.25, -0.2) is 0 Å². The van der Waals surface area contributed by atoms with Gasteiger partial charge < -0.3 is 8.37 Å². The summed E-state index contributed by atoms with van der Waals surface area (Å²) in [4.78, 5) is 0.0486. The molecule has 8 nitrogen and oxygen atoms in total. The lowest BCUT2D eigenvalue weighted by Gasteiger charge is -2.12. The van der Waals surface area contributed by atoms with Gasteiger partial charge >= 0.3 is 20.2 Å². The molecule has 0 aliphatic rings. The molecule has 0 aliphatic heterocycles. The molecule has 0 unspecified atom stereocenters. The standard InChI is InChI=1S/C36H28N2O6S2/c1-25-11-17-29(18-12-25)45(39,40)43-35-21-15-27-7-3-5-9-31(27)33(35)23-37-38-24-34-32-10-6-4-8-28(32)16-22-36(34)44-46(41,42)30-19-13-26(2)14-20-30/h3-24H,1-2H3/b37-23+,38-24+. The Morgan fingerprint density at radius 3 is 1.24 bits per heavy atom. The van der Waals surface area contributed by atoms with Crippen molar-refractivity contribution in [2.75, 3.05) is 0 Å². The largest absolute Gasteiger partial charge is 0.378 e. The van der Waals surface area contributed by atoms with Crippen LogP contribution >= 0.6 is 0 Å². The van der Waals surface area contributed by atoms with Crippen LogP contribution in [0.4, 0.5) is 0 Å². The van der Waals surface area contributed by atoms with E-state index >= 15 is 0 Å². The Morgan fingerprint density at radius 2 is 0.848 bits per heavy atom. The number of hydrogen-bond acceptors (Lipinski definition) is 8. The van der Waals surface area contributed by atoms with Crippen LogP contribution in [0.15, 0.2) is 141 Å². The van der Waals surface area contributed by atoms with Crippen molar-refractivity contribution in [3.8, 4) is 11.5 Å². The molecule has 230 valence electrons. The van der Waals surface area contributed by atoms with E-state index < -0.39 is 20.2 Å². The Balaban J connectivity index is 1.37. The van der Waals surface area contributed by atoms with E-state index in [1.54, 1.807) is 48.5 Å². The molecule has 0 radical (unpaired) electrons. The molecule has 0 saturated heterocycles. The van der Waals surface area contributed by atoms with Crippen LogP contribution in [-0.2, 0) is 20.2 Å². The predicted octanol–water partition coefficient (Wildman–Crippen LogP) is 7.60. The highest BCUT2D eigenvalue weighted by atomic mass is 32.2. The third-order valence-corrected chi connectivity index (χ3v) is 9.82. The highest BCUT2D eigenvalue weighted by Gasteiger charge is 2.21. The summed E-state index contributed by atoms with van der Waals surface area (Å²) in [5, 5.41) is 11.6. The Hall–Kier alpha value is -5.32. The van der Waals surface area contributed by atoms with Gasteiger partial charge in [0.2, 0.25) is 0 Å². The van der Waals surface area contributed by atoms with Gasteiger partial charge in [0.05, 0.1) is 12.4 Å². The molecule has 0 amide bonds. The Kier molecular flexibility index (Phi) is 8.40. The van der Waals surface area contributed by atoms with Crippen LogP contribution in [-0.4, -0.2) is 29.3 Å². The van der Waals surface area contributed by atoms with Crippen LogP contribution in [0.1, 0.15) is 22.3 Å². The fourth-order valence-corrected chi connectivity index (χ4v) is 6.78. The highest BCUT2D eigenvalue weighted by molar-refractivity contribution is 7.87. The summed E-state index contributed by atoms with van der Waals surface area (Å²) in [5.41, 5.74) is 2.65. The molecule has 0 fully saturated rings. The van der Waals surface area contributed by atoms with E-state index in [0.29, 0.717) is 21.9 Å². The number of fused-ring (bicyclic) bond motifs is 2. The first-order valence-electron chi connectivity index (χ1n) is 14.2. The first kappa shape index (κ1) is 30.7. The quantitative estimate of drug-likeness (QED) is 0.0907. The van der Waals surface area contributed by atoms with Crippen molar-refractivity contribution < 1.29 is 25.2 Å². The van der Waals surface area contributed by atoms with Gasteiger partial charge in [0.15, 0.2) is 11.5 Å².